The average molecular weight is 298 g/mol. The second-order valence-electron chi connectivity index (χ2n) is 3.80. The van der Waals surface area contributed by atoms with Crippen LogP contribution in [0.15, 0.2) is 22.9 Å². The first kappa shape index (κ1) is 12.0. The van der Waals surface area contributed by atoms with Gasteiger partial charge in [-0.05, 0) is 34.5 Å². The van der Waals surface area contributed by atoms with Crippen LogP contribution in [0.3, 0.4) is 0 Å². The van der Waals surface area contributed by atoms with E-state index in [1.54, 1.807) is 23.2 Å². The molecule has 1 saturated heterocycles. The lowest BCUT2D eigenvalue weighted by atomic mass is 10.2. The Labute approximate surface area is 107 Å². The lowest BCUT2D eigenvalue weighted by molar-refractivity contribution is -0.121. The van der Waals surface area contributed by atoms with E-state index in [1.165, 1.54) is 0 Å². The molecule has 1 aromatic rings. The number of nitrogens with zero attached hydrogens (tertiary/aromatic N) is 2. The molecule has 5 nitrogen and oxygen atoms in total. The first-order chi connectivity index (χ1) is 8.16. The van der Waals surface area contributed by atoms with Crippen LogP contribution >= 0.6 is 15.9 Å². The van der Waals surface area contributed by atoms with E-state index in [0.717, 1.165) is 6.42 Å². The maximum absolute atomic E-state index is 12.1. The number of amides is 2. The zero-order chi connectivity index (χ0) is 12.3. The summed E-state index contributed by atoms with van der Waals surface area (Å²) in [6.07, 6.45) is 2.35. The number of aromatic nitrogens is 1. The Balaban J connectivity index is 2.16. The highest BCUT2D eigenvalue weighted by Gasteiger charge is 2.20. The van der Waals surface area contributed by atoms with Crippen molar-refractivity contribution in [2.24, 2.45) is 0 Å². The number of pyridine rings is 1. The summed E-state index contributed by atoms with van der Waals surface area (Å²) in [5.74, 6) is -0.242. The third kappa shape index (κ3) is 3.03. The number of carbonyl (C=O) groups is 2. The van der Waals surface area contributed by atoms with Crippen LogP contribution in [0.25, 0.3) is 0 Å². The molecule has 2 heterocycles. The van der Waals surface area contributed by atoms with Gasteiger partial charge in [0.1, 0.15) is 4.60 Å². The molecule has 0 saturated carbocycles. The van der Waals surface area contributed by atoms with Crippen molar-refractivity contribution in [3.63, 3.8) is 0 Å². The molecule has 6 heteroatoms. The van der Waals surface area contributed by atoms with Gasteiger partial charge in [0, 0.05) is 24.8 Å². The van der Waals surface area contributed by atoms with Crippen LogP contribution < -0.4 is 5.32 Å². The fraction of sp³-hybridized carbons (Fsp3) is 0.364. The molecular formula is C11H12BrN3O2. The van der Waals surface area contributed by atoms with Crippen molar-refractivity contribution in [1.29, 1.82) is 0 Å². The molecule has 2 rings (SSSR count). The van der Waals surface area contributed by atoms with Crippen LogP contribution in [0.5, 0.6) is 0 Å². The maximum Gasteiger partial charge on any atom is 0.254 e. The van der Waals surface area contributed by atoms with Gasteiger partial charge in [-0.3, -0.25) is 9.59 Å². The molecule has 0 atom stereocenters. The summed E-state index contributed by atoms with van der Waals surface area (Å²) in [6, 6.07) is 3.31. The van der Waals surface area contributed by atoms with Crippen LogP contribution in [-0.2, 0) is 4.79 Å². The Morgan fingerprint density at radius 2 is 2.35 bits per heavy atom. The van der Waals surface area contributed by atoms with Gasteiger partial charge >= 0.3 is 0 Å². The van der Waals surface area contributed by atoms with Crippen LogP contribution in [0.1, 0.15) is 16.8 Å². The molecule has 2 amide bonds. The van der Waals surface area contributed by atoms with E-state index in [2.05, 4.69) is 26.2 Å². The molecule has 17 heavy (non-hydrogen) atoms. The van der Waals surface area contributed by atoms with Gasteiger partial charge in [0.15, 0.2) is 0 Å². The van der Waals surface area contributed by atoms with Crippen LogP contribution in [0.2, 0.25) is 0 Å². The van der Waals surface area contributed by atoms with Crippen LogP contribution in [0, 0.1) is 0 Å². The van der Waals surface area contributed by atoms with E-state index < -0.39 is 0 Å². The lowest BCUT2D eigenvalue weighted by Crippen LogP contribution is -2.37. The van der Waals surface area contributed by atoms with Gasteiger partial charge in [-0.1, -0.05) is 0 Å². The normalized spacial score (nSPS) is 16.3. The standard InChI is InChI=1S/C11H12BrN3O2/c12-9-6-8(2-4-13-9)11(17)15-5-1-3-14-10(16)7-15/h2,4,6H,1,3,5,7H2,(H,14,16). The van der Waals surface area contributed by atoms with E-state index in [1.807, 2.05) is 0 Å². The molecule has 1 aliphatic rings. The Hall–Kier alpha value is -1.43. The quantitative estimate of drug-likeness (QED) is 0.780. The Morgan fingerprint density at radius 3 is 3.12 bits per heavy atom. The van der Waals surface area contributed by atoms with Crippen LogP contribution in [-0.4, -0.2) is 41.3 Å². The molecule has 0 bridgehead atoms. The SMILES string of the molecule is O=C1CN(C(=O)c2ccnc(Br)c2)CCCN1. The zero-order valence-electron chi connectivity index (χ0n) is 9.15. The third-order valence-electron chi connectivity index (χ3n) is 2.52. The van der Waals surface area contributed by atoms with Gasteiger partial charge < -0.3 is 10.2 Å². The fourth-order valence-corrected chi connectivity index (χ4v) is 2.06. The van der Waals surface area contributed by atoms with Crippen molar-refractivity contribution in [3.05, 3.63) is 28.5 Å². The molecule has 90 valence electrons. The second kappa shape index (κ2) is 5.27. The molecule has 1 aromatic heterocycles. The van der Waals surface area contributed by atoms with Gasteiger partial charge in [0.05, 0.1) is 6.54 Å². The molecule has 1 N–H and O–H groups in total. The van der Waals surface area contributed by atoms with E-state index in [0.29, 0.717) is 23.3 Å². The van der Waals surface area contributed by atoms with Gasteiger partial charge in [0.2, 0.25) is 5.91 Å². The fourth-order valence-electron chi connectivity index (χ4n) is 1.70. The molecule has 1 aliphatic heterocycles. The van der Waals surface area contributed by atoms with Gasteiger partial charge in [-0.15, -0.1) is 0 Å². The predicted molar refractivity (Wildman–Crippen MR) is 65.5 cm³/mol. The summed E-state index contributed by atoms with van der Waals surface area (Å²) in [7, 11) is 0. The first-order valence-electron chi connectivity index (χ1n) is 5.34. The van der Waals surface area contributed by atoms with Crippen molar-refractivity contribution in [3.8, 4) is 0 Å². The largest absolute Gasteiger partial charge is 0.354 e. The minimum Gasteiger partial charge on any atom is -0.354 e. The van der Waals surface area contributed by atoms with Crippen molar-refractivity contribution >= 4 is 27.7 Å². The summed E-state index contributed by atoms with van der Waals surface area (Å²) in [5.41, 5.74) is 0.543. The highest BCUT2D eigenvalue weighted by atomic mass is 79.9. The van der Waals surface area contributed by atoms with Crippen molar-refractivity contribution < 1.29 is 9.59 Å². The highest BCUT2D eigenvalue weighted by molar-refractivity contribution is 9.10. The monoisotopic (exact) mass is 297 g/mol. The summed E-state index contributed by atoms with van der Waals surface area (Å²) >= 11 is 3.22. The first-order valence-corrected chi connectivity index (χ1v) is 6.13. The number of halogens is 1. The highest BCUT2D eigenvalue weighted by Crippen LogP contribution is 2.11. The van der Waals surface area contributed by atoms with Gasteiger partial charge in [-0.25, -0.2) is 4.98 Å². The Bertz CT molecular complexity index is 450. The maximum atomic E-state index is 12.1. The van der Waals surface area contributed by atoms with E-state index in [9.17, 15) is 9.59 Å². The number of hydrogen-bond donors (Lipinski definition) is 1. The summed E-state index contributed by atoms with van der Waals surface area (Å²) in [4.78, 5) is 29.0. The lowest BCUT2D eigenvalue weighted by Gasteiger charge is -2.18. The summed E-state index contributed by atoms with van der Waals surface area (Å²) in [5, 5.41) is 2.74. The van der Waals surface area contributed by atoms with Gasteiger partial charge in [0.25, 0.3) is 5.91 Å². The molecule has 0 radical (unpaired) electrons. The molecule has 0 spiro atoms. The smallest absolute Gasteiger partial charge is 0.254 e. The van der Waals surface area contributed by atoms with Gasteiger partial charge in [-0.2, -0.15) is 0 Å². The minimum atomic E-state index is -0.134. The zero-order valence-corrected chi connectivity index (χ0v) is 10.7. The Kier molecular flexibility index (Phi) is 3.73. The number of hydrogen-bond acceptors (Lipinski definition) is 3. The average Bonchev–Trinajstić information content (AvgIpc) is 2.53. The van der Waals surface area contributed by atoms with Crippen molar-refractivity contribution in [2.45, 2.75) is 6.42 Å². The van der Waals surface area contributed by atoms with Crippen molar-refractivity contribution in [2.75, 3.05) is 19.6 Å². The summed E-state index contributed by atoms with van der Waals surface area (Å²) < 4.78 is 0.614. The second-order valence-corrected chi connectivity index (χ2v) is 4.61. The number of carbonyl (C=O) groups excluding carboxylic acids is 2. The third-order valence-corrected chi connectivity index (χ3v) is 2.96. The topological polar surface area (TPSA) is 62.3 Å². The van der Waals surface area contributed by atoms with E-state index >= 15 is 0 Å². The number of nitrogens with one attached hydrogen (secondary N) is 1. The molecule has 0 aromatic carbocycles. The molecule has 0 unspecified atom stereocenters. The Morgan fingerprint density at radius 1 is 1.53 bits per heavy atom. The van der Waals surface area contributed by atoms with Crippen LogP contribution in [0.4, 0.5) is 0 Å². The van der Waals surface area contributed by atoms with Crippen molar-refractivity contribution in [1.82, 2.24) is 15.2 Å². The number of rotatable bonds is 1. The van der Waals surface area contributed by atoms with E-state index in [-0.39, 0.29) is 18.4 Å². The van der Waals surface area contributed by atoms with E-state index in [4.69, 9.17) is 0 Å². The molecular weight excluding hydrogens is 286 g/mol. The minimum absolute atomic E-state index is 0.107. The predicted octanol–water partition coefficient (Wildman–Crippen LogP) is 0.806. The molecule has 0 aliphatic carbocycles. The summed E-state index contributed by atoms with van der Waals surface area (Å²) in [6.45, 7) is 1.35. The molecule has 1 fully saturated rings.